The van der Waals surface area contributed by atoms with Crippen molar-refractivity contribution < 1.29 is 18.4 Å². The van der Waals surface area contributed by atoms with Gasteiger partial charge in [0, 0.05) is 24.2 Å². The van der Waals surface area contributed by atoms with Crippen LogP contribution in [0.2, 0.25) is 0 Å². The first-order valence-electron chi connectivity index (χ1n) is 11.9. The number of piperidine rings is 1. The van der Waals surface area contributed by atoms with E-state index < -0.39 is 17.5 Å². The molecule has 176 valence electrons. The van der Waals surface area contributed by atoms with Gasteiger partial charge in [0.15, 0.2) is 11.6 Å². The third-order valence-electron chi connectivity index (χ3n) is 6.70. The molecule has 1 heterocycles. The molecule has 2 amide bonds. The van der Waals surface area contributed by atoms with Gasteiger partial charge in [-0.3, -0.25) is 14.5 Å². The Morgan fingerprint density at radius 1 is 0.939 bits per heavy atom. The van der Waals surface area contributed by atoms with E-state index in [0.29, 0.717) is 18.3 Å². The van der Waals surface area contributed by atoms with Crippen molar-refractivity contribution in [1.29, 1.82) is 0 Å². The fourth-order valence-corrected chi connectivity index (χ4v) is 4.80. The van der Waals surface area contributed by atoms with Crippen molar-refractivity contribution in [3.05, 3.63) is 65.2 Å². The van der Waals surface area contributed by atoms with Crippen molar-refractivity contribution in [3.63, 3.8) is 0 Å². The first-order valence-corrected chi connectivity index (χ1v) is 11.9. The molecule has 0 aromatic heterocycles. The van der Waals surface area contributed by atoms with Crippen molar-refractivity contribution in [1.82, 2.24) is 10.2 Å². The Labute approximate surface area is 193 Å². The van der Waals surface area contributed by atoms with E-state index in [1.807, 2.05) is 18.2 Å². The van der Waals surface area contributed by atoms with Crippen LogP contribution in [0.5, 0.6) is 0 Å². The van der Waals surface area contributed by atoms with Gasteiger partial charge in [-0.2, -0.15) is 0 Å². The van der Waals surface area contributed by atoms with Crippen molar-refractivity contribution >= 4 is 17.5 Å². The van der Waals surface area contributed by atoms with E-state index in [9.17, 15) is 18.4 Å². The Balaban J connectivity index is 1.28. The van der Waals surface area contributed by atoms with E-state index in [0.717, 1.165) is 50.4 Å². The summed E-state index contributed by atoms with van der Waals surface area (Å²) in [6.07, 6.45) is 7.58. The SMILES string of the molecule is O=C(Nc1cccc(CN2CCC(C(=O)NC3CCCCC3)CC2)c1)c1cccc(F)c1F. The average molecular weight is 456 g/mol. The van der Waals surface area contributed by atoms with E-state index in [2.05, 4.69) is 15.5 Å². The molecule has 2 N–H and O–H groups in total. The van der Waals surface area contributed by atoms with Crippen LogP contribution in [0.15, 0.2) is 42.5 Å². The second-order valence-corrected chi connectivity index (χ2v) is 9.15. The third-order valence-corrected chi connectivity index (χ3v) is 6.70. The first-order chi connectivity index (χ1) is 16.0. The molecule has 2 aromatic carbocycles. The molecule has 0 radical (unpaired) electrons. The van der Waals surface area contributed by atoms with Crippen LogP contribution in [-0.2, 0) is 11.3 Å². The molecule has 2 aliphatic rings. The van der Waals surface area contributed by atoms with Gasteiger partial charge in [0.1, 0.15) is 0 Å². The van der Waals surface area contributed by atoms with Gasteiger partial charge in [-0.1, -0.05) is 37.5 Å². The summed E-state index contributed by atoms with van der Waals surface area (Å²) in [4.78, 5) is 27.3. The minimum atomic E-state index is -1.15. The monoisotopic (exact) mass is 455 g/mol. The smallest absolute Gasteiger partial charge is 0.258 e. The van der Waals surface area contributed by atoms with Gasteiger partial charge in [0.25, 0.3) is 5.91 Å². The predicted molar refractivity (Wildman–Crippen MR) is 124 cm³/mol. The molecule has 5 nitrogen and oxygen atoms in total. The maximum absolute atomic E-state index is 13.9. The predicted octanol–water partition coefficient (Wildman–Crippen LogP) is 4.88. The van der Waals surface area contributed by atoms with Crippen molar-refractivity contribution in [2.45, 2.75) is 57.5 Å². The number of nitrogens with one attached hydrogen (secondary N) is 2. The number of nitrogens with zero attached hydrogens (tertiary/aromatic N) is 1. The van der Waals surface area contributed by atoms with Crippen LogP contribution in [0.3, 0.4) is 0 Å². The largest absolute Gasteiger partial charge is 0.353 e. The molecule has 2 fully saturated rings. The maximum Gasteiger partial charge on any atom is 0.258 e. The Kier molecular flexibility index (Phi) is 7.70. The number of benzene rings is 2. The molecule has 0 atom stereocenters. The van der Waals surface area contributed by atoms with Gasteiger partial charge in [0.05, 0.1) is 5.56 Å². The number of halogens is 2. The molecular weight excluding hydrogens is 424 g/mol. The van der Waals surface area contributed by atoms with Crippen LogP contribution in [0.1, 0.15) is 60.9 Å². The van der Waals surface area contributed by atoms with Crippen LogP contribution in [0, 0.1) is 17.6 Å². The summed E-state index contributed by atoms with van der Waals surface area (Å²) in [7, 11) is 0. The van der Waals surface area contributed by atoms with Crippen LogP contribution in [0.25, 0.3) is 0 Å². The molecule has 1 aliphatic heterocycles. The van der Waals surface area contributed by atoms with Crippen molar-refractivity contribution in [2.24, 2.45) is 5.92 Å². The fourth-order valence-electron chi connectivity index (χ4n) is 4.80. The number of amides is 2. The lowest BCUT2D eigenvalue weighted by molar-refractivity contribution is -0.127. The molecule has 0 spiro atoms. The number of anilines is 1. The lowest BCUT2D eigenvalue weighted by Gasteiger charge is -2.32. The summed E-state index contributed by atoms with van der Waals surface area (Å²) in [5.74, 6) is -2.60. The molecule has 1 aliphatic carbocycles. The molecule has 0 bridgehead atoms. The topological polar surface area (TPSA) is 61.4 Å². The minimum absolute atomic E-state index is 0.0787. The molecule has 2 aromatic rings. The zero-order chi connectivity index (χ0) is 23.2. The van der Waals surface area contributed by atoms with Crippen LogP contribution >= 0.6 is 0 Å². The highest BCUT2D eigenvalue weighted by atomic mass is 19.2. The lowest BCUT2D eigenvalue weighted by Crippen LogP contribution is -2.44. The molecule has 4 rings (SSSR count). The van der Waals surface area contributed by atoms with E-state index in [-0.39, 0.29) is 17.4 Å². The van der Waals surface area contributed by atoms with Gasteiger partial charge in [-0.05, 0) is 68.6 Å². The minimum Gasteiger partial charge on any atom is -0.353 e. The maximum atomic E-state index is 13.9. The summed E-state index contributed by atoms with van der Waals surface area (Å²) in [6, 6.07) is 11.3. The van der Waals surface area contributed by atoms with Gasteiger partial charge < -0.3 is 10.6 Å². The molecule has 1 saturated carbocycles. The first kappa shape index (κ1) is 23.4. The standard InChI is InChI=1S/C26H31F2N3O2/c27-23-11-5-10-22(24(23)28)26(33)30-21-9-4-6-18(16-21)17-31-14-12-19(13-15-31)25(32)29-20-7-2-1-3-8-20/h4-6,9-11,16,19-20H,1-3,7-8,12-15,17H2,(H,29,32)(H,30,33). The number of carbonyl (C=O) groups excluding carboxylic acids is 2. The highest BCUT2D eigenvalue weighted by Crippen LogP contribution is 2.23. The van der Waals surface area contributed by atoms with Gasteiger partial charge in [-0.15, -0.1) is 0 Å². The summed E-state index contributed by atoms with van der Waals surface area (Å²) >= 11 is 0. The molecule has 33 heavy (non-hydrogen) atoms. The van der Waals surface area contributed by atoms with Crippen LogP contribution < -0.4 is 10.6 Å². The van der Waals surface area contributed by atoms with Gasteiger partial charge >= 0.3 is 0 Å². The lowest BCUT2D eigenvalue weighted by atomic mass is 9.92. The van der Waals surface area contributed by atoms with Crippen LogP contribution in [-0.4, -0.2) is 35.8 Å². The second kappa shape index (κ2) is 10.9. The third kappa shape index (κ3) is 6.16. The van der Waals surface area contributed by atoms with E-state index in [1.54, 1.807) is 6.07 Å². The average Bonchev–Trinajstić information content (AvgIpc) is 2.82. The Hall–Kier alpha value is -2.80. The molecular formula is C26H31F2N3O2. The van der Waals surface area contributed by atoms with E-state index in [4.69, 9.17) is 0 Å². The molecule has 1 saturated heterocycles. The van der Waals surface area contributed by atoms with Gasteiger partial charge in [-0.25, -0.2) is 8.78 Å². The Bertz CT molecular complexity index is 983. The van der Waals surface area contributed by atoms with Crippen molar-refractivity contribution in [3.8, 4) is 0 Å². The zero-order valence-corrected chi connectivity index (χ0v) is 18.8. The summed E-state index contributed by atoms with van der Waals surface area (Å²) < 4.78 is 27.3. The Morgan fingerprint density at radius 3 is 2.42 bits per heavy atom. The highest BCUT2D eigenvalue weighted by Gasteiger charge is 2.27. The zero-order valence-electron chi connectivity index (χ0n) is 18.8. The quantitative estimate of drug-likeness (QED) is 0.653. The number of carbonyl (C=O) groups is 2. The van der Waals surface area contributed by atoms with Crippen molar-refractivity contribution in [2.75, 3.05) is 18.4 Å². The summed E-state index contributed by atoms with van der Waals surface area (Å²) in [5, 5.41) is 5.90. The fraction of sp³-hybridized carbons (Fsp3) is 0.462. The van der Waals surface area contributed by atoms with Crippen LogP contribution in [0.4, 0.5) is 14.5 Å². The number of rotatable bonds is 6. The molecule has 0 unspecified atom stereocenters. The number of hydrogen-bond donors (Lipinski definition) is 2. The van der Waals surface area contributed by atoms with Gasteiger partial charge in [0.2, 0.25) is 5.91 Å². The highest BCUT2D eigenvalue weighted by molar-refractivity contribution is 6.04. The van der Waals surface area contributed by atoms with E-state index >= 15 is 0 Å². The van der Waals surface area contributed by atoms with E-state index in [1.165, 1.54) is 31.4 Å². The molecule has 7 heteroatoms. The summed E-state index contributed by atoms with van der Waals surface area (Å²) in [5.41, 5.74) is 1.22. The second-order valence-electron chi connectivity index (χ2n) is 9.15. The number of hydrogen-bond acceptors (Lipinski definition) is 3. The number of likely N-dealkylation sites (tertiary alicyclic amines) is 1. The Morgan fingerprint density at radius 2 is 1.67 bits per heavy atom. The normalized spacial score (nSPS) is 18.1. The summed E-state index contributed by atoms with van der Waals surface area (Å²) in [6.45, 7) is 2.39.